The van der Waals surface area contributed by atoms with Gasteiger partial charge >= 0.3 is 12.1 Å². The first-order valence-electron chi connectivity index (χ1n) is 12.8. The number of carboxylic acid groups (broad SMARTS) is 1. The zero-order chi connectivity index (χ0) is 26.3. The molecule has 37 heavy (non-hydrogen) atoms. The van der Waals surface area contributed by atoms with Crippen LogP contribution in [0.25, 0.3) is 11.2 Å². The molecule has 198 valence electrons. The third-order valence-electron chi connectivity index (χ3n) is 7.56. The summed E-state index contributed by atoms with van der Waals surface area (Å²) in [5, 5.41) is 13.1. The minimum atomic E-state index is -4.41. The fraction of sp³-hybridized carbons (Fsp3) is 0.538. The summed E-state index contributed by atoms with van der Waals surface area (Å²) in [6, 6.07) is 5.16. The van der Waals surface area contributed by atoms with Crippen LogP contribution in [0.4, 0.5) is 24.9 Å². The maximum atomic E-state index is 13.1. The van der Waals surface area contributed by atoms with Gasteiger partial charge in [0.05, 0.1) is 12.1 Å². The van der Waals surface area contributed by atoms with Crippen molar-refractivity contribution in [2.75, 3.05) is 23.3 Å². The average molecular weight is 517 g/mol. The van der Waals surface area contributed by atoms with E-state index >= 15 is 0 Å². The Morgan fingerprint density at radius 1 is 1.14 bits per heavy atom. The van der Waals surface area contributed by atoms with Crippen molar-refractivity contribution in [2.45, 2.75) is 64.7 Å². The fourth-order valence-electron chi connectivity index (χ4n) is 5.24. The highest BCUT2D eigenvalue weighted by Crippen LogP contribution is 2.35. The number of anilines is 2. The lowest BCUT2D eigenvalue weighted by atomic mass is 9.80. The Morgan fingerprint density at radius 2 is 1.86 bits per heavy atom. The first-order valence-corrected chi connectivity index (χ1v) is 12.8. The summed E-state index contributed by atoms with van der Waals surface area (Å²) in [5.41, 5.74) is 0.780. The van der Waals surface area contributed by atoms with E-state index in [-0.39, 0.29) is 24.1 Å². The van der Waals surface area contributed by atoms with Gasteiger partial charge in [-0.05, 0) is 62.1 Å². The minimum Gasteiger partial charge on any atom is -0.475 e. The van der Waals surface area contributed by atoms with E-state index in [0.29, 0.717) is 34.7 Å². The third kappa shape index (κ3) is 5.21. The molecule has 2 atom stereocenters. The van der Waals surface area contributed by atoms with Crippen molar-refractivity contribution in [1.29, 1.82) is 0 Å². The Bertz CT molecular complexity index is 1290. The molecule has 0 amide bonds. The third-order valence-corrected chi connectivity index (χ3v) is 7.56. The lowest BCUT2D eigenvalue weighted by Gasteiger charge is -2.33. The lowest BCUT2D eigenvalue weighted by molar-refractivity contribution is -0.137. The number of piperidine rings is 1. The second kappa shape index (κ2) is 9.83. The number of imidazole rings is 1. The van der Waals surface area contributed by atoms with Crippen LogP contribution in [0, 0.1) is 11.8 Å². The molecule has 11 heteroatoms. The predicted octanol–water partition coefficient (Wildman–Crippen LogP) is 5.43. The second-order valence-corrected chi connectivity index (χ2v) is 10.4. The van der Waals surface area contributed by atoms with E-state index in [0.717, 1.165) is 50.9 Å². The Hall–Kier alpha value is -3.37. The molecule has 2 aromatic heterocycles. The van der Waals surface area contributed by atoms with Gasteiger partial charge in [-0.2, -0.15) is 18.2 Å². The van der Waals surface area contributed by atoms with Gasteiger partial charge in [-0.15, -0.1) is 0 Å². The van der Waals surface area contributed by atoms with Gasteiger partial charge in [0.25, 0.3) is 0 Å². The Labute approximate surface area is 212 Å². The standard InChI is InChI=1S/C26H31F3N6O2/c1-15-5-4-12-34(13-15)25-33-22-20(35(25)14-17-8-10-19(11-9-17)26(27,28)29)21(31-23(32-22)24(36)37)30-16(2)18-6-3-7-18/h8-11,15-16,18H,3-7,12-14H2,1-2H3,(H,36,37)(H,30,31,32). The molecule has 2 unspecified atom stereocenters. The van der Waals surface area contributed by atoms with Crippen molar-refractivity contribution in [1.82, 2.24) is 19.5 Å². The second-order valence-electron chi connectivity index (χ2n) is 10.4. The van der Waals surface area contributed by atoms with Crippen molar-refractivity contribution in [3.8, 4) is 0 Å². The number of benzene rings is 1. The monoisotopic (exact) mass is 516 g/mol. The molecule has 2 aliphatic rings. The zero-order valence-corrected chi connectivity index (χ0v) is 20.9. The van der Waals surface area contributed by atoms with Gasteiger partial charge in [0, 0.05) is 19.1 Å². The number of carboxylic acids is 1. The Kier molecular flexibility index (Phi) is 6.72. The quantitative estimate of drug-likeness (QED) is 0.432. The lowest BCUT2D eigenvalue weighted by Crippen LogP contribution is -2.36. The van der Waals surface area contributed by atoms with E-state index in [4.69, 9.17) is 4.98 Å². The number of aromatic nitrogens is 4. The normalized spacial score (nSPS) is 19.6. The predicted molar refractivity (Wildman–Crippen MR) is 134 cm³/mol. The number of fused-ring (bicyclic) bond motifs is 1. The van der Waals surface area contributed by atoms with E-state index < -0.39 is 17.7 Å². The molecular formula is C26H31F3N6O2. The maximum absolute atomic E-state index is 13.1. The van der Waals surface area contributed by atoms with Crippen LogP contribution in [0.3, 0.4) is 0 Å². The number of aromatic carboxylic acids is 1. The summed E-state index contributed by atoms with van der Waals surface area (Å²) in [6.45, 7) is 6.03. The first-order chi connectivity index (χ1) is 17.6. The van der Waals surface area contributed by atoms with Gasteiger partial charge in [0.15, 0.2) is 11.5 Å². The summed E-state index contributed by atoms with van der Waals surface area (Å²) in [6.07, 6.45) is 1.03. The van der Waals surface area contributed by atoms with Crippen LogP contribution in [0.15, 0.2) is 24.3 Å². The number of hydrogen-bond acceptors (Lipinski definition) is 6. The molecular weight excluding hydrogens is 485 g/mol. The molecule has 8 nitrogen and oxygen atoms in total. The molecule has 1 saturated carbocycles. The molecule has 1 aliphatic heterocycles. The van der Waals surface area contributed by atoms with Crippen molar-refractivity contribution < 1.29 is 23.1 Å². The topological polar surface area (TPSA) is 96.2 Å². The Balaban J connectivity index is 1.62. The van der Waals surface area contributed by atoms with Gasteiger partial charge in [-0.25, -0.2) is 14.8 Å². The number of halogens is 3. The smallest absolute Gasteiger partial charge is 0.416 e. The van der Waals surface area contributed by atoms with E-state index in [1.165, 1.54) is 18.6 Å². The molecule has 0 spiro atoms. The van der Waals surface area contributed by atoms with Crippen LogP contribution in [-0.4, -0.2) is 49.7 Å². The summed E-state index contributed by atoms with van der Waals surface area (Å²) in [7, 11) is 0. The van der Waals surface area contributed by atoms with Crippen LogP contribution in [0.1, 0.15) is 67.7 Å². The molecule has 0 radical (unpaired) electrons. The van der Waals surface area contributed by atoms with Crippen LogP contribution in [0.5, 0.6) is 0 Å². The summed E-state index contributed by atoms with van der Waals surface area (Å²) in [4.78, 5) is 27.4. The molecule has 0 bridgehead atoms. The molecule has 2 fully saturated rings. The van der Waals surface area contributed by atoms with Crippen molar-refractivity contribution in [2.24, 2.45) is 11.8 Å². The zero-order valence-electron chi connectivity index (χ0n) is 20.9. The van der Waals surface area contributed by atoms with Gasteiger partial charge in [0.1, 0.15) is 5.52 Å². The van der Waals surface area contributed by atoms with E-state index in [1.54, 1.807) is 0 Å². The molecule has 5 rings (SSSR count). The van der Waals surface area contributed by atoms with Crippen molar-refractivity contribution in [3.05, 3.63) is 41.2 Å². The number of alkyl halides is 3. The summed E-state index contributed by atoms with van der Waals surface area (Å²) >= 11 is 0. The number of carbonyl (C=O) groups is 1. The van der Waals surface area contributed by atoms with Gasteiger partial charge in [-0.3, -0.25) is 0 Å². The van der Waals surface area contributed by atoms with Gasteiger partial charge in [0.2, 0.25) is 11.8 Å². The number of nitrogens with zero attached hydrogens (tertiary/aromatic N) is 5. The summed E-state index contributed by atoms with van der Waals surface area (Å²) < 4.78 is 41.3. The molecule has 1 aromatic carbocycles. The van der Waals surface area contributed by atoms with Crippen LogP contribution >= 0.6 is 0 Å². The fourth-order valence-corrected chi connectivity index (χ4v) is 5.24. The van der Waals surface area contributed by atoms with Crippen molar-refractivity contribution in [3.63, 3.8) is 0 Å². The number of rotatable bonds is 7. The minimum absolute atomic E-state index is 0.0707. The highest BCUT2D eigenvalue weighted by Gasteiger charge is 2.31. The molecule has 3 heterocycles. The molecule has 2 N–H and O–H groups in total. The number of hydrogen-bond donors (Lipinski definition) is 2. The SMILES string of the molecule is CC1CCCN(c2nc3nc(C(=O)O)nc(NC(C)C4CCC4)c3n2Cc2ccc(C(F)(F)F)cc2)C1. The van der Waals surface area contributed by atoms with E-state index in [9.17, 15) is 23.1 Å². The maximum Gasteiger partial charge on any atom is 0.416 e. The summed E-state index contributed by atoms with van der Waals surface area (Å²) in [5.74, 6) is 0.340. The number of nitrogens with one attached hydrogen (secondary N) is 1. The molecule has 3 aromatic rings. The Morgan fingerprint density at radius 3 is 2.46 bits per heavy atom. The van der Waals surface area contributed by atoms with Crippen LogP contribution < -0.4 is 10.2 Å². The average Bonchev–Trinajstić information content (AvgIpc) is 3.16. The highest BCUT2D eigenvalue weighted by atomic mass is 19.4. The first kappa shape index (κ1) is 25.3. The van der Waals surface area contributed by atoms with Gasteiger partial charge < -0.3 is 19.9 Å². The van der Waals surface area contributed by atoms with Crippen molar-refractivity contribution >= 4 is 28.9 Å². The largest absolute Gasteiger partial charge is 0.475 e. The molecule has 1 aliphatic carbocycles. The van der Waals surface area contributed by atoms with Crippen LogP contribution in [-0.2, 0) is 12.7 Å². The van der Waals surface area contributed by atoms with E-state index in [1.807, 2.05) is 4.57 Å². The van der Waals surface area contributed by atoms with E-state index in [2.05, 4.69) is 34.0 Å². The van der Waals surface area contributed by atoms with Gasteiger partial charge in [-0.1, -0.05) is 25.5 Å². The van der Waals surface area contributed by atoms with Crippen LogP contribution in [0.2, 0.25) is 0 Å². The highest BCUT2D eigenvalue weighted by molar-refractivity contribution is 5.91. The molecule has 1 saturated heterocycles.